The van der Waals surface area contributed by atoms with E-state index >= 15 is 0 Å². The van der Waals surface area contributed by atoms with E-state index in [2.05, 4.69) is 36.9 Å². The lowest BCUT2D eigenvalue weighted by molar-refractivity contribution is -0.115. The number of hydrogen-bond acceptors (Lipinski definition) is 4. The number of fused-ring (bicyclic) bond motifs is 4. The maximum absolute atomic E-state index is 12.2. The van der Waals surface area contributed by atoms with Crippen LogP contribution in [0.1, 0.15) is 84.5 Å². The SMILES string of the molecule is CCCCCCCCC(C)Oc1ccc2c(c1)=C1C(O)=CC(=O)CN1[C@H]1CCCCC=21. The third-order valence-electron chi connectivity index (χ3n) is 7.00. The van der Waals surface area contributed by atoms with Crippen molar-refractivity contribution >= 4 is 17.1 Å². The van der Waals surface area contributed by atoms with Gasteiger partial charge in [-0.2, -0.15) is 0 Å². The lowest BCUT2D eigenvalue weighted by Gasteiger charge is -2.42. The fourth-order valence-corrected chi connectivity index (χ4v) is 5.45. The first kappa shape index (κ1) is 22.0. The van der Waals surface area contributed by atoms with Crippen LogP contribution in [0, 0.1) is 0 Å². The molecule has 2 heterocycles. The van der Waals surface area contributed by atoms with Crippen LogP contribution < -0.4 is 15.2 Å². The van der Waals surface area contributed by atoms with E-state index in [9.17, 15) is 9.90 Å². The molecule has 1 aliphatic carbocycles. The van der Waals surface area contributed by atoms with Gasteiger partial charge in [0, 0.05) is 11.3 Å². The highest BCUT2D eigenvalue weighted by atomic mass is 16.5. The van der Waals surface area contributed by atoms with Crippen LogP contribution in [0.5, 0.6) is 5.75 Å². The van der Waals surface area contributed by atoms with Gasteiger partial charge in [0.25, 0.3) is 0 Å². The maximum atomic E-state index is 12.2. The molecule has 1 aromatic rings. The van der Waals surface area contributed by atoms with Gasteiger partial charge in [-0.25, -0.2) is 0 Å². The Kier molecular flexibility index (Phi) is 7.04. The van der Waals surface area contributed by atoms with E-state index in [0.29, 0.717) is 6.54 Å². The number of aliphatic hydroxyl groups is 1. The van der Waals surface area contributed by atoms with Crippen molar-refractivity contribution < 1.29 is 14.6 Å². The first-order chi connectivity index (χ1) is 15.1. The highest BCUT2D eigenvalue weighted by Gasteiger charge is 2.35. The number of rotatable bonds is 9. The van der Waals surface area contributed by atoms with Gasteiger partial charge in [-0.15, -0.1) is 0 Å². The molecule has 0 bridgehead atoms. The fourth-order valence-electron chi connectivity index (χ4n) is 5.45. The van der Waals surface area contributed by atoms with Gasteiger partial charge < -0.3 is 14.7 Å². The Morgan fingerprint density at radius 1 is 1.13 bits per heavy atom. The van der Waals surface area contributed by atoms with Gasteiger partial charge in [0.15, 0.2) is 5.78 Å². The second-order valence-electron chi connectivity index (χ2n) is 9.45. The van der Waals surface area contributed by atoms with Crippen molar-refractivity contribution in [2.24, 2.45) is 0 Å². The largest absolute Gasteiger partial charge is 0.506 e. The van der Waals surface area contributed by atoms with Crippen LogP contribution >= 0.6 is 0 Å². The van der Waals surface area contributed by atoms with Crippen LogP contribution in [0.4, 0.5) is 0 Å². The highest BCUT2D eigenvalue weighted by Crippen LogP contribution is 2.35. The Hall–Kier alpha value is -2.23. The molecule has 1 N–H and O–H groups in total. The summed E-state index contributed by atoms with van der Waals surface area (Å²) in [5.41, 5.74) is 2.22. The number of ketones is 1. The minimum atomic E-state index is -0.0189. The predicted octanol–water partition coefficient (Wildman–Crippen LogP) is 4.75. The fraction of sp³-hybridized carbons (Fsp3) is 0.593. The summed E-state index contributed by atoms with van der Waals surface area (Å²) in [7, 11) is 0. The summed E-state index contributed by atoms with van der Waals surface area (Å²) in [5.74, 6) is 0.929. The van der Waals surface area contributed by atoms with E-state index in [4.69, 9.17) is 4.74 Å². The van der Waals surface area contributed by atoms with Crippen molar-refractivity contribution in [1.82, 2.24) is 4.90 Å². The molecule has 3 aliphatic rings. The average Bonchev–Trinajstić information content (AvgIpc) is 2.76. The number of carbonyl (C=O) groups is 1. The summed E-state index contributed by atoms with van der Waals surface area (Å²) < 4.78 is 6.27. The molecule has 1 unspecified atom stereocenters. The van der Waals surface area contributed by atoms with Crippen LogP contribution in [0.25, 0.3) is 11.3 Å². The van der Waals surface area contributed by atoms with Gasteiger partial charge in [-0.3, -0.25) is 4.79 Å². The van der Waals surface area contributed by atoms with Gasteiger partial charge >= 0.3 is 0 Å². The zero-order chi connectivity index (χ0) is 21.8. The Labute approximate surface area is 186 Å². The molecule has 1 aromatic carbocycles. The van der Waals surface area contributed by atoms with Gasteiger partial charge in [-0.1, -0.05) is 51.5 Å². The minimum Gasteiger partial charge on any atom is -0.506 e. The van der Waals surface area contributed by atoms with E-state index in [0.717, 1.165) is 35.9 Å². The molecule has 168 valence electrons. The second kappa shape index (κ2) is 9.93. The quantitative estimate of drug-likeness (QED) is 0.583. The van der Waals surface area contributed by atoms with Crippen molar-refractivity contribution in [2.75, 3.05) is 6.54 Å². The van der Waals surface area contributed by atoms with E-state index in [1.165, 1.54) is 68.2 Å². The molecule has 4 nitrogen and oxygen atoms in total. The van der Waals surface area contributed by atoms with Crippen molar-refractivity contribution in [3.63, 3.8) is 0 Å². The number of unbranched alkanes of at least 4 members (excludes halogenated alkanes) is 5. The Bertz CT molecular complexity index is 961. The van der Waals surface area contributed by atoms with Gasteiger partial charge in [0.1, 0.15) is 11.5 Å². The van der Waals surface area contributed by atoms with Crippen LogP contribution in [-0.2, 0) is 4.79 Å². The molecular weight excluding hydrogens is 386 g/mol. The highest BCUT2D eigenvalue weighted by molar-refractivity contribution is 5.97. The summed E-state index contributed by atoms with van der Waals surface area (Å²) in [6.45, 7) is 4.75. The summed E-state index contributed by atoms with van der Waals surface area (Å²) in [6, 6.07) is 6.56. The van der Waals surface area contributed by atoms with Crippen LogP contribution in [0.3, 0.4) is 0 Å². The van der Waals surface area contributed by atoms with Crippen LogP contribution in [0.2, 0.25) is 0 Å². The van der Waals surface area contributed by atoms with Gasteiger partial charge in [0.05, 0.1) is 24.4 Å². The molecule has 4 rings (SSSR count). The molecule has 1 saturated carbocycles. The third kappa shape index (κ3) is 4.83. The van der Waals surface area contributed by atoms with E-state index in [1.807, 2.05) is 0 Å². The Balaban J connectivity index is 1.56. The smallest absolute Gasteiger partial charge is 0.178 e. The zero-order valence-corrected chi connectivity index (χ0v) is 19.2. The predicted molar refractivity (Wildman–Crippen MR) is 125 cm³/mol. The molecule has 4 heteroatoms. The number of carbonyl (C=O) groups excluding carboxylic acids is 1. The monoisotopic (exact) mass is 423 g/mol. The number of nitrogens with zero attached hydrogens (tertiary/aromatic N) is 1. The lowest BCUT2D eigenvalue weighted by Crippen LogP contribution is -2.52. The first-order valence-corrected chi connectivity index (χ1v) is 12.3. The van der Waals surface area contributed by atoms with Gasteiger partial charge in [0.2, 0.25) is 0 Å². The Morgan fingerprint density at radius 3 is 2.77 bits per heavy atom. The molecule has 31 heavy (non-hydrogen) atoms. The zero-order valence-electron chi connectivity index (χ0n) is 19.2. The minimum absolute atomic E-state index is 0.0189. The Morgan fingerprint density at radius 2 is 1.94 bits per heavy atom. The van der Waals surface area contributed by atoms with Crippen LogP contribution in [-0.4, -0.2) is 34.5 Å². The topological polar surface area (TPSA) is 49.8 Å². The van der Waals surface area contributed by atoms with Crippen LogP contribution in [0.15, 0.2) is 30.0 Å². The lowest BCUT2D eigenvalue weighted by atomic mass is 9.83. The number of hydrogen-bond donors (Lipinski definition) is 1. The molecular formula is C27H37NO3. The van der Waals surface area contributed by atoms with E-state index in [-0.39, 0.29) is 23.7 Å². The standard InChI is InChI=1S/C27H37NO3/c1-3-4-5-6-7-8-11-19(2)31-21-14-15-22-23-12-9-10-13-25(23)28-18-20(29)16-26(30)27(28)24(22)17-21/h14-17,19,25,30H,3-13,18H2,1-2H3/t19?,25-/m0/s1. The maximum Gasteiger partial charge on any atom is 0.178 e. The van der Waals surface area contributed by atoms with E-state index in [1.54, 1.807) is 0 Å². The summed E-state index contributed by atoms with van der Waals surface area (Å²) in [6.07, 6.45) is 14.8. The molecule has 0 saturated heterocycles. The molecule has 1 fully saturated rings. The van der Waals surface area contributed by atoms with Crippen molar-refractivity contribution in [2.45, 2.75) is 96.6 Å². The van der Waals surface area contributed by atoms with Crippen molar-refractivity contribution in [3.8, 4) is 5.75 Å². The summed E-state index contributed by atoms with van der Waals surface area (Å²) in [4.78, 5) is 14.3. The summed E-state index contributed by atoms with van der Waals surface area (Å²) >= 11 is 0. The first-order valence-electron chi connectivity index (χ1n) is 12.3. The molecule has 0 amide bonds. The molecule has 2 aliphatic heterocycles. The van der Waals surface area contributed by atoms with Gasteiger partial charge in [-0.05, 0) is 62.0 Å². The number of aliphatic hydroxyl groups excluding tert-OH is 1. The van der Waals surface area contributed by atoms with Crippen molar-refractivity contribution in [3.05, 3.63) is 40.5 Å². The third-order valence-corrected chi connectivity index (χ3v) is 7.00. The average molecular weight is 424 g/mol. The molecule has 2 atom stereocenters. The second-order valence-corrected chi connectivity index (χ2v) is 9.45. The summed E-state index contributed by atoms with van der Waals surface area (Å²) in [5, 5.41) is 12.9. The molecule has 0 spiro atoms. The van der Waals surface area contributed by atoms with Crippen molar-refractivity contribution in [1.29, 1.82) is 0 Å². The molecule has 0 aromatic heterocycles. The number of ether oxygens (including phenoxy) is 1. The molecule has 0 radical (unpaired) electrons. The normalized spacial score (nSPS) is 21.2. The van der Waals surface area contributed by atoms with E-state index < -0.39 is 0 Å². The number of benzene rings is 1.